The molecule has 1 aliphatic rings. The van der Waals surface area contributed by atoms with E-state index in [2.05, 4.69) is 41.8 Å². The van der Waals surface area contributed by atoms with Crippen LogP contribution in [0.3, 0.4) is 0 Å². The molecule has 1 saturated heterocycles. The fourth-order valence-electron chi connectivity index (χ4n) is 3.54. The summed E-state index contributed by atoms with van der Waals surface area (Å²) < 4.78 is 0. The van der Waals surface area contributed by atoms with Gasteiger partial charge in [-0.25, -0.2) is 0 Å². The lowest BCUT2D eigenvalue weighted by atomic mass is 10.1. The van der Waals surface area contributed by atoms with Crippen molar-refractivity contribution in [2.75, 3.05) is 44.7 Å². The van der Waals surface area contributed by atoms with Gasteiger partial charge < -0.3 is 9.80 Å². The number of hydrogen-bond donors (Lipinski definition) is 0. The maximum absolute atomic E-state index is 12.7. The molecule has 27 heavy (non-hydrogen) atoms. The minimum Gasteiger partial charge on any atom is -0.369 e. The van der Waals surface area contributed by atoms with Gasteiger partial charge in [-0.3, -0.25) is 9.69 Å². The molecule has 0 spiro atoms. The molecule has 1 amide bonds. The van der Waals surface area contributed by atoms with Crippen LogP contribution in [-0.4, -0.2) is 55.5 Å². The van der Waals surface area contributed by atoms with Gasteiger partial charge in [-0.1, -0.05) is 48.0 Å². The fourth-order valence-corrected chi connectivity index (χ4v) is 3.71. The predicted molar refractivity (Wildman–Crippen MR) is 112 cm³/mol. The summed E-state index contributed by atoms with van der Waals surface area (Å²) in [4.78, 5) is 19.2. The van der Waals surface area contributed by atoms with Gasteiger partial charge in [-0.05, 0) is 37.1 Å². The van der Waals surface area contributed by atoms with Crippen molar-refractivity contribution in [3.63, 3.8) is 0 Å². The lowest BCUT2D eigenvalue weighted by Gasteiger charge is -2.37. The first-order valence-electron chi connectivity index (χ1n) is 9.50. The van der Waals surface area contributed by atoms with Gasteiger partial charge in [0.25, 0.3) is 0 Å². The minimum atomic E-state index is 0.0779. The SMILES string of the molecule is Cc1ccc(Cl)cc1N1CCN(CC(=O)N(C)[C@@H](C)c2ccccc2)CC1. The Morgan fingerprint density at radius 3 is 2.44 bits per heavy atom. The molecule has 2 aromatic rings. The Labute approximate surface area is 167 Å². The van der Waals surface area contributed by atoms with E-state index in [0.717, 1.165) is 36.8 Å². The number of carbonyl (C=O) groups excluding carboxylic acids is 1. The molecule has 1 fully saturated rings. The lowest BCUT2D eigenvalue weighted by molar-refractivity contribution is -0.133. The first kappa shape index (κ1) is 19.7. The van der Waals surface area contributed by atoms with Crippen LogP contribution in [0.2, 0.25) is 5.02 Å². The molecule has 1 aliphatic heterocycles. The zero-order valence-corrected chi connectivity index (χ0v) is 17.1. The van der Waals surface area contributed by atoms with Gasteiger partial charge in [-0.2, -0.15) is 0 Å². The largest absolute Gasteiger partial charge is 0.369 e. The highest BCUT2D eigenvalue weighted by Crippen LogP contribution is 2.25. The van der Waals surface area contributed by atoms with Crippen LogP contribution in [0.5, 0.6) is 0 Å². The van der Waals surface area contributed by atoms with Crippen molar-refractivity contribution in [1.82, 2.24) is 9.80 Å². The average Bonchev–Trinajstić information content (AvgIpc) is 2.70. The molecular formula is C22H28ClN3O. The lowest BCUT2D eigenvalue weighted by Crippen LogP contribution is -2.50. The molecule has 0 saturated carbocycles. The van der Waals surface area contributed by atoms with Crippen molar-refractivity contribution in [1.29, 1.82) is 0 Å². The Hall–Kier alpha value is -2.04. The number of likely N-dealkylation sites (N-methyl/N-ethyl adjacent to an activating group) is 1. The van der Waals surface area contributed by atoms with Gasteiger partial charge in [-0.15, -0.1) is 0 Å². The molecular weight excluding hydrogens is 358 g/mol. The second-order valence-electron chi connectivity index (χ2n) is 7.29. The second kappa shape index (κ2) is 8.77. The molecule has 0 unspecified atom stereocenters. The van der Waals surface area contributed by atoms with Crippen LogP contribution in [0, 0.1) is 6.92 Å². The van der Waals surface area contributed by atoms with E-state index in [4.69, 9.17) is 11.6 Å². The summed E-state index contributed by atoms with van der Waals surface area (Å²) in [5.41, 5.74) is 3.60. The van der Waals surface area contributed by atoms with E-state index in [-0.39, 0.29) is 11.9 Å². The van der Waals surface area contributed by atoms with Gasteiger partial charge >= 0.3 is 0 Å². The fraction of sp³-hybridized carbons (Fsp3) is 0.409. The summed E-state index contributed by atoms with van der Waals surface area (Å²) >= 11 is 6.16. The molecule has 5 heteroatoms. The monoisotopic (exact) mass is 385 g/mol. The summed E-state index contributed by atoms with van der Waals surface area (Å²) in [5.74, 6) is 0.165. The number of aryl methyl sites for hydroxylation is 1. The highest BCUT2D eigenvalue weighted by molar-refractivity contribution is 6.30. The number of hydrogen-bond acceptors (Lipinski definition) is 3. The third-order valence-corrected chi connectivity index (χ3v) is 5.73. The number of anilines is 1. The minimum absolute atomic E-state index is 0.0779. The van der Waals surface area contributed by atoms with E-state index in [1.807, 2.05) is 42.3 Å². The number of amides is 1. The molecule has 1 atom stereocenters. The third-order valence-electron chi connectivity index (χ3n) is 5.50. The first-order chi connectivity index (χ1) is 13.0. The van der Waals surface area contributed by atoms with Gasteiger partial charge in [0.05, 0.1) is 12.6 Å². The topological polar surface area (TPSA) is 26.8 Å². The van der Waals surface area contributed by atoms with Crippen LogP contribution in [0.15, 0.2) is 48.5 Å². The molecule has 1 heterocycles. The summed E-state index contributed by atoms with van der Waals surface area (Å²) in [5, 5.41) is 0.768. The molecule has 0 N–H and O–H groups in total. The average molecular weight is 386 g/mol. The van der Waals surface area contributed by atoms with Crippen molar-refractivity contribution in [2.24, 2.45) is 0 Å². The Morgan fingerprint density at radius 1 is 1.11 bits per heavy atom. The Bertz CT molecular complexity index is 772. The van der Waals surface area contributed by atoms with Crippen molar-refractivity contribution < 1.29 is 4.79 Å². The van der Waals surface area contributed by atoms with Crippen molar-refractivity contribution >= 4 is 23.2 Å². The van der Waals surface area contributed by atoms with Gasteiger partial charge in [0.1, 0.15) is 0 Å². The Morgan fingerprint density at radius 2 is 1.78 bits per heavy atom. The van der Waals surface area contributed by atoms with Crippen LogP contribution >= 0.6 is 11.6 Å². The molecule has 0 aliphatic carbocycles. The van der Waals surface area contributed by atoms with Crippen molar-refractivity contribution in [2.45, 2.75) is 19.9 Å². The summed E-state index contributed by atoms with van der Waals surface area (Å²) in [7, 11) is 1.89. The maximum Gasteiger partial charge on any atom is 0.236 e. The first-order valence-corrected chi connectivity index (χ1v) is 9.87. The highest BCUT2D eigenvalue weighted by atomic mass is 35.5. The second-order valence-corrected chi connectivity index (χ2v) is 7.72. The van der Waals surface area contributed by atoms with Crippen LogP contribution < -0.4 is 4.90 Å². The number of halogens is 1. The summed E-state index contributed by atoms with van der Waals surface area (Å²) in [6, 6.07) is 16.3. The smallest absolute Gasteiger partial charge is 0.236 e. The van der Waals surface area contributed by atoms with E-state index in [1.165, 1.54) is 11.3 Å². The Balaban J connectivity index is 1.54. The molecule has 144 valence electrons. The van der Waals surface area contributed by atoms with Crippen LogP contribution in [-0.2, 0) is 4.79 Å². The number of benzene rings is 2. The predicted octanol–water partition coefficient (Wildman–Crippen LogP) is 3.99. The van der Waals surface area contributed by atoms with E-state index < -0.39 is 0 Å². The van der Waals surface area contributed by atoms with Crippen LogP contribution in [0.4, 0.5) is 5.69 Å². The Kier molecular flexibility index (Phi) is 6.40. The number of nitrogens with zero attached hydrogens (tertiary/aromatic N) is 3. The van der Waals surface area contributed by atoms with E-state index in [1.54, 1.807) is 0 Å². The van der Waals surface area contributed by atoms with Crippen LogP contribution in [0.1, 0.15) is 24.1 Å². The molecule has 0 bridgehead atoms. The third kappa shape index (κ3) is 4.82. The molecule has 4 nitrogen and oxygen atoms in total. The molecule has 0 aromatic heterocycles. The molecule has 0 radical (unpaired) electrons. The van der Waals surface area contributed by atoms with Gasteiger partial charge in [0.2, 0.25) is 5.91 Å². The van der Waals surface area contributed by atoms with Crippen molar-refractivity contribution in [3.05, 3.63) is 64.7 Å². The number of carbonyl (C=O) groups is 1. The summed E-state index contributed by atoms with van der Waals surface area (Å²) in [6.45, 7) is 8.24. The van der Waals surface area contributed by atoms with Gasteiger partial charge in [0.15, 0.2) is 0 Å². The number of piperazine rings is 1. The van der Waals surface area contributed by atoms with E-state index in [0.29, 0.717) is 6.54 Å². The zero-order valence-electron chi connectivity index (χ0n) is 16.4. The van der Waals surface area contributed by atoms with Crippen LogP contribution in [0.25, 0.3) is 0 Å². The molecule has 2 aromatic carbocycles. The maximum atomic E-state index is 12.7. The van der Waals surface area contributed by atoms with Crippen molar-refractivity contribution in [3.8, 4) is 0 Å². The quantitative estimate of drug-likeness (QED) is 0.778. The van der Waals surface area contributed by atoms with E-state index >= 15 is 0 Å². The van der Waals surface area contributed by atoms with Gasteiger partial charge in [0, 0.05) is 43.9 Å². The normalized spacial score (nSPS) is 16.2. The standard InChI is InChI=1S/C22H28ClN3O/c1-17-9-10-20(23)15-21(17)26-13-11-25(12-14-26)16-22(27)24(3)18(2)19-7-5-4-6-8-19/h4-10,15,18H,11-14,16H2,1-3H3/t18-/m0/s1. The van der Waals surface area contributed by atoms with E-state index in [9.17, 15) is 4.79 Å². The molecule has 3 rings (SSSR count). The highest BCUT2D eigenvalue weighted by Gasteiger charge is 2.23. The summed E-state index contributed by atoms with van der Waals surface area (Å²) in [6.07, 6.45) is 0. The zero-order chi connectivity index (χ0) is 19.4. The number of rotatable bonds is 5.